The van der Waals surface area contributed by atoms with E-state index in [9.17, 15) is 4.79 Å². The second-order valence-corrected chi connectivity index (χ2v) is 6.72. The van der Waals surface area contributed by atoms with Crippen molar-refractivity contribution in [1.29, 1.82) is 0 Å². The van der Waals surface area contributed by atoms with Crippen molar-refractivity contribution in [2.75, 3.05) is 20.1 Å². The molecular formula is C20H22N2O6. The SMILES string of the molecule is O=C(CCCN(Cc1ccc2c(c1)OCO2)Cc1ccc2c(c1)OCO2)NO. The number of hydrogen-bond acceptors (Lipinski definition) is 7. The fraction of sp³-hybridized carbons (Fsp3) is 0.350. The Morgan fingerprint density at radius 2 is 1.43 bits per heavy atom. The smallest absolute Gasteiger partial charge is 0.243 e. The van der Waals surface area contributed by atoms with E-state index in [2.05, 4.69) is 4.90 Å². The minimum absolute atomic E-state index is 0.246. The second kappa shape index (κ2) is 8.37. The van der Waals surface area contributed by atoms with Crippen molar-refractivity contribution < 1.29 is 28.9 Å². The molecule has 0 radical (unpaired) electrons. The van der Waals surface area contributed by atoms with Crippen LogP contribution in [0.2, 0.25) is 0 Å². The number of hydrogen-bond donors (Lipinski definition) is 2. The lowest BCUT2D eigenvalue weighted by atomic mass is 10.1. The van der Waals surface area contributed by atoms with Crippen LogP contribution in [0.3, 0.4) is 0 Å². The first-order valence-corrected chi connectivity index (χ1v) is 9.13. The molecule has 0 saturated carbocycles. The maximum absolute atomic E-state index is 11.3. The summed E-state index contributed by atoms with van der Waals surface area (Å²) in [7, 11) is 0. The summed E-state index contributed by atoms with van der Waals surface area (Å²) in [5.74, 6) is 2.63. The van der Waals surface area contributed by atoms with E-state index in [1.165, 1.54) is 0 Å². The van der Waals surface area contributed by atoms with E-state index >= 15 is 0 Å². The Morgan fingerprint density at radius 1 is 0.893 bits per heavy atom. The largest absolute Gasteiger partial charge is 0.454 e. The molecule has 0 spiro atoms. The topological polar surface area (TPSA) is 89.5 Å². The molecule has 28 heavy (non-hydrogen) atoms. The van der Waals surface area contributed by atoms with Gasteiger partial charge in [-0.05, 0) is 48.4 Å². The minimum atomic E-state index is -0.383. The molecule has 2 aliphatic heterocycles. The lowest BCUT2D eigenvalue weighted by Gasteiger charge is -2.23. The van der Waals surface area contributed by atoms with Gasteiger partial charge >= 0.3 is 0 Å². The fourth-order valence-electron chi connectivity index (χ4n) is 3.33. The van der Waals surface area contributed by atoms with Crippen molar-refractivity contribution in [1.82, 2.24) is 10.4 Å². The molecule has 0 fully saturated rings. The van der Waals surface area contributed by atoms with Crippen LogP contribution in [0.4, 0.5) is 0 Å². The van der Waals surface area contributed by atoms with Gasteiger partial charge in [0, 0.05) is 19.5 Å². The molecule has 148 valence electrons. The van der Waals surface area contributed by atoms with Crippen molar-refractivity contribution in [2.24, 2.45) is 0 Å². The van der Waals surface area contributed by atoms with Crippen LogP contribution in [-0.4, -0.2) is 36.1 Å². The summed E-state index contributed by atoms with van der Waals surface area (Å²) in [4.78, 5) is 13.6. The molecule has 0 aliphatic carbocycles. The van der Waals surface area contributed by atoms with Crippen LogP contribution < -0.4 is 24.4 Å². The number of fused-ring (bicyclic) bond motifs is 2. The Balaban J connectivity index is 1.45. The van der Waals surface area contributed by atoms with Crippen molar-refractivity contribution in [3.63, 3.8) is 0 Å². The number of ether oxygens (including phenoxy) is 4. The zero-order chi connectivity index (χ0) is 19.3. The van der Waals surface area contributed by atoms with Gasteiger partial charge in [-0.25, -0.2) is 5.48 Å². The van der Waals surface area contributed by atoms with Crippen LogP contribution in [0.1, 0.15) is 24.0 Å². The number of nitrogens with zero attached hydrogens (tertiary/aromatic N) is 1. The molecule has 2 heterocycles. The third kappa shape index (κ3) is 4.29. The summed E-state index contributed by atoms with van der Waals surface area (Å²) in [6.45, 7) is 2.56. The second-order valence-electron chi connectivity index (χ2n) is 6.72. The van der Waals surface area contributed by atoms with Gasteiger partial charge in [0.15, 0.2) is 23.0 Å². The van der Waals surface area contributed by atoms with Gasteiger partial charge in [0.05, 0.1) is 0 Å². The van der Waals surface area contributed by atoms with Gasteiger partial charge in [-0.15, -0.1) is 0 Å². The molecule has 8 heteroatoms. The van der Waals surface area contributed by atoms with Crippen molar-refractivity contribution in [3.8, 4) is 23.0 Å². The van der Waals surface area contributed by atoms with Gasteiger partial charge in [0.1, 0.15) is 0 Å². The van der Waals surface area contributed by atoms with Gasteiger partial charge in [-0.3, -0.25) is 14.9 Å². The highest BCUT2D eigenvalue weighted by molar-refractivity contribution is 5.74. The van der Waals surface area contributed by atoms with E-state index in [1.807, 2.05) is 36.4 Å². The third-order valence-corrected chi connectivity index (χ3v) is 4.69. The number of carbonyl (C=O) groups is 1. The highest BCUT2D eigenvalue weighted by Crippen LogP contribution is 2.34. The molecule has 4 rings (SSSR count). The van der Waals surface area contributed by atoms with Gasteiger partial charge in [-0.1, -0.05) is 12.1 Å². The highest BCUT2D eigenvalue weighted by Gasteiger charge is 2.17. The molecule has 2 aromatic carbocycles. The average molecular weight is 386 g/mol. The summed E-state index contributed by atoms with van der Waals surface area (Å²) in [6.07, 6.45) is 0.886. The number of carbonyl (C=O) groups excluding carboxylic acids is 1. The van der Waals surface area contributed by atoms with Crippen LogP contribution in [0.15, 0.2) is 36.4 Å². The third-order valence-electron chi connectivity index (χ3n) is 4.69. The molecule has 2 aliphatic rings. The molecule has 2 N–H and O–H groups in total. The first-order valence-electron chi connectivity index (χ1n) is 9.13. The van der Waals surface area contributed by atoms with Crippen LogP contribution in [0.25, 0.3) is 0 Å². The summed E-state index contributed by atoms with van der Waals surface area (Å²) in [6, 6.07) is 11.8. The first-order chi connectivity index (χ1) is 13.7. The van der Waals surface area contributed by atoms with Crippen LogP contribution in [0, 0.1) is 0 Å². The van der Waals surface area contributed by atoms with Gasteiger partial charge in [0.25, 0.3) is 0 Å². The number of amides is 1. The normalized spacial score (nSPS) is 13.8. The molecule has 0 bridgehead atoms. The summed E-state index contributed by atoms with van der Waals surface area (Å²) in [5, 5.41) is 8.68. The predicted molar refractivity (Wildman–Crippen MR) is 98.4 cm³/mol. The molecular weight excluding hydrogens is 364 g/mol. The van der Waals surface area contributed by atoms with E-state index < -0.39 is 0 Å². The van der Waals surface area contributed by atoms with Crippen LogP contribution in [0.5, 0.6) is 23.0 Å². The number of nitrogens with one attached hydrogen (secondary N) is 1. The number of hydroxylamine groups is 1. The molecule has 0 saturated heterocycles. The number of rotatable bonds is 8. The quantitative estimate of drug-likeness (QED) is 0.532. The van der Waals surface area contributed by atoms with Crippen molar-refractivity contribution in [3.05, 3.63) is 47.5 Å². The van der Waals surface area contributed by atoms with Gasteiger partial charge in [0.2, 0.25) is 19.5 Å². The maximum Gasteiger partial charge on any atom is 0.243 e. The van der Waals surface area contributed by atoms with E-state index in [4.69, 9.17) is 24.2 Å². The first kappa shape index (κ1) is 18.4. The summed E-state index contributed by atoms with van der Waals surface area (Å²) >= 11 is 0. The Bertz CT molecular complexity index is 797. The van der Waals surface area contributed by atoms with E-state index in [0.717, 1.165) is 34.1 Å². The predicted octanol–water partition coefficient (Wildman–Crippen LogP) is 2.43. The zero-order valence-electron chi connectivity index (χ0n) is 15.3. The van der Waals surface area contributed by atoms with E-state index in [-0.39, 0.29) is 25.9 Å². The summed E-state index contributed by atoms with van der Waals surface area (Å²) in [5.41, 5.74) is 3.86. The lowest BCUT2D eigenvalue weighted by Crippen LogP contribution is -2.26. The minimum Gasteiger partial charge on any atom is -0.454 e. The monoisotopic (exact) mass is 386 g/mol. The Hall–Kier alpha value is -2.97. The van der Waals surface area contributed by atoms with E-state index in [0.29, 0.717) is 26.1 Å². The van der Waals surface area contributed by atoms with Crippen LogP contribution in [-0.2, 0) is 17.9 Å². The highest BCUT2D eigenvalue weighted by atomic mass is 16.7. The molecule has 1 amide bonds. The van der Waals surface area contributed by atoms with E-state index in [1.54, 1.807) is 5.48 Å². The van der Waals surface area contributed by atoms with Crippen LogP contribution >= 0.6 is 0 Å². The molecule has 0 atom stereocenters. The fourth-order valence-corrected chi connectivity index (χ4v) is 3.33. The molecule has 8 nitrogen and oxygen atoms in total. The summed E-state index contributed by atoms with van der Waals surface area (Å²) < 4.78 is 21.7. The maximum atomic E-state index is 11.3. The number of benzene rings is 2. The molecule has 0 unspecified atom stereocenters. The van der Waals surface area contributed by atoms with Gasteiger partial charge < -0.3 is 18.9 Å². The molecule has 2 aromatic rings. The average Bonchev–Trinajstić information content (AvgIpc) is 3.36. The lowest BCUT2D eigenvalue weighted by molar-refractivity contribution is -0.129. The Kier molecular flexibility index (Phi) is 5.50. The van der Waals surface area contributed by atoms with Crippen molar-refractivity contribution >= 4 is 5.91 Å². The standard InChI is InChI=1S/C20H22N2O6/c23-20(21-24)2-1-7-22(10-14-3-5-16-18(8-14)27-12-25-16)11-15-4-6-17-19(9-15)28-13-26-17/h3-6,8-9,24H,1-2,7,10-13H2,(H,21,23). The zero-order valence-corrected chi connectivity index (χ0v) is 15.3. The Labute approximate surface area is 162 Å². The van der Waals surface area contributed by atoms with Gasteiger partial charge in [-0.2, -0.15) is 0 Å². The Morgan fingerprint density at radius 3 is 1.96 bits per heavy atom. The molecule has 0 aromatic heterocycles. The van der Waals surface area contributed by atoms with Crippen molar-refractivity contribution in [2.45, 2.75) is 25.9 Å².